The number of amides is 2. The summed E-state index contributed by atoms with van der Waals surface area (Å²) in [4.78, 5) is 28.9. The third kappa shape index (κ3) is 6.01. The van der Waals surface area contributed by atoms with E-state index in [4.69, 9.17) is 9.47 Å². The molecule has 0 spiro atoms. The fraction of sp³-hybridized carbons (Fsp3) is 0.517. The van der Waals surface area contributed by atoms with E-state index in [1.54, 1.807) is 29.0 Å². The van der Waals surface area contributed by atoms with Gasteiger partial charge in [0.15, 0.2) is 0 Å². The van der Waals surface area contributed by atoms with Crippen LogP contribution in [0.2, 0.25) is 0 Å². The molecule has 1 heterocycles. The number of aliphatic hydroxyl groups is 1. The molecule has 7 heteroatoms. The molecule has 2 aromatic carbocycles. The molecule has 1 atom stereocenters. The van der Waals surface area contributed by atoms with E-state index in [1.807, 2.05) is 71.0 Å². The summed E-state index contributed by atoms with van der Waals surface area (Å²) in [6.45, 7) is 11.7. The third-order valence-electron chi connectivity index (χ3n) is 6.87. The number of ether oxygens (including phenoxy) is 2. The van der Waals surface area contributed by atoms with Crippen LogP contribution in [0.1, 0.15) is 68.9 Å². The van der Waals surface area contributed by atoms with Crippen LogP contribution >= 0.6 is 0 Å². The zero-order chi connectivity index (χ0) is 26.5. The number of carbonyl (C=O) groups is 2. The lowest BCUT2D eigenvalue weighted by atomic mass is 9.72. The average Bonchev–Trinajstić information content (AvgIpc) is 2.88. The highest BCUT2D eigenvalue weighted by molar-refractivity contribution is 5.94. The van der Waals surface area contributed by atoms with Gasteiger partial charge in [-0.2, -0.15) is 0 Å². The molecule has 1 unspecified atom stereocenters. The van der Waals surface area contributed by atoms with Crippen molar-refractivity contribution >= 4 is 12.0 Å². The SMILES string of the molecule is CCN(CC)C(=O)c1ccc(C(O)(c2cccc(OC)c2)C2CCN(C(=O)OC(C)(C)C)CC2)cc1. The molecule has 1 aliphatic heterocycles. The maximum Gasteiger partial charge on any atom is 0.410 e. The van der Waals surface area contributed by atoms with Crippen molar-refractivity contribution in [1.82, 2.24) is 9.80 Å². The first-order chi connectivity index (χ1) is 17.0. The van der Waals surface area contributed by atoms with E-state index in [9.17, 15) is 14.7 Å². The van der Waals surface area contributed by atoms with E-state index in [1.165, 1.54) is 0 Å². The van der Waals surface area contributed by atoms with E-state index in [0.29, 0.717) is 55.9 Å². The molecular formula is C29H40N2O5. The van der Waals surface area contributed by atoms with E-state index >= 15 is 0 Å². The maximum atomic E-state index is 12.8. The summed E-state index contributed by atoms with van der Waals surface area (Å²) in [5, 5.41) is 12.4. The number of hydrogen-bond acceptors (Lipinski definition) is 5. The second kappa shape index (κ2) is 11.3. The third-order valence-corrected chi connectivity index (χ3v) is 6.87. The molecule has 1 fully saturated rings. The first-order valence-electron chi connectivity index (χ1n) is 12.8. The predicted octanol–water partition coefficient (Wildman–Crippen LogP) is 5.06. The van der Waals surface area contributed by atoms with Gasteiger partial charge in [-0.25, -0.2) is 4.79 Å². The molecule has 1 saturated heterocycles. The first-order valence-corrected chi connectivity index (χ1v) is 12.8. The van der Waals surface area contributed by atoms with E-state index in [2.05, 4.69) is 0 Å². The first kappa shape index (κ1) is 27.5. The van der Waals surface area contributed by atoms with Gasteiger partial charge < -0.3 is 24.4 Å². The molecule has 1 N–H and O–H groups in total. The minimum Gasteiger partial charge on any atom is -0.497 e. The van der Waals surface area contributed by atoms with Crippen molar-refractivity contribution in [3.63, 3.8) is 0 Å². The Morgan fingerprint density at radius 1 is 1.00 bits per heavy atom. The number of hydrogen-bond donors (Lipinski definition) is 1. The molecule has 3 rings (SSSR count). The summed E-state index contributed by atoms with van der Waals surface area (Å²) < 4.78 is 11.0. The molecule has 2 amide bonds. The van der Waals surface area contributed by atoms with Crippen molar-refractivity contribution in [3.8, 4) is 5.75 Å². The normalized spacial score (nSPS) is 16.2. The van der Waals surface area contributed by atoms with Gasteiger partial charge in [-0.15, -0.1) is 0 Å². The van der Waals surface area contributed by atoms with Gasteiger partial charge >= 0.3 is 6.09 Å². The van der Waals surface area contributed by atoms with E-state index in [-0.39, 0.29) is 17.9 Å². The van der Waals surface area contributed by atoms with Gasteiger partial charge in [0, 0.05) is 31.7 Å². The average molecular weight is 497 g/mol. The molecule has 36 heavy (non-hydrogen) atoms. The van der Waals surface area contributed by atoms with Crippen LogP contribution in [0.4, 0.5) is 4.79 Å². The van der Waals surface area contributed by atoms with Crippen LogP contribution < -0.4 is 4.74 Å². The second-order valence-electron chi connectivity index (χ2n) is 10.3. The predicted molar refractivity (Wildman–Crippen MR) is 140 cm³/mol. The van der Waals surface area contributed by atoms with Crippen LogP contribution in [-0.4, -0.2) is 65.8 Å². The van der Waals surface area contributed by atoms with Crippen molar-refractivity contribution in [2.24, 2.45) is 5.92 Å². The highest BCUT2D eigenvalue weighted by atomic mass is 16.6. The molecular weight excluding hydrogens is 456 g/mol. The van der Waals surface area contributed by atoms with Crippen molar-refractivity contribution in [2.45, 2.75) is 58.7 Å². The summed E-state index contributed by atoms with van der Waals surface area (Å²) in [5.74, 6) is 0.486. The van der Waals surface area contributed by atoms with Crippen molar-refractivity contribution in [2.75, 3.05) is 33.3 Å². The minimum absolute atomic E-state index is 0.0258. The fourth-order valence-electron chi connectivity index (χ4n) is 4.86. The molecule has 7 nitrogen and oxygen atoms in total. The quantitative estimate of drug-likeness (QED) is 0.580. The smallest absolute Gasteiger partial charge is 0.410 e. The molecule has 2 aromatic rings. The van der Waals surface area contributed by atoms with Crippen LogP contribution in [0.25, 0.3) is 0 Å². The molecule has 0 bridgehead atoms. The second-order valence-corrected chi connectivity index (χ2v) is 10.3. The number of nitrogens with zero attached hydrogens (tertiary/aromatic N) is 2. The van der Waals surface area contributed by atoms with Gasteiger partial charge in [0.05, 0.1) is 7.11 Å². The van der Waals surface area contributed by atoms with Gasteiger partial charge in [-0.05, 0) is 88.8 Å². The summed E-state index contributed by atoms with van der Waals surface area (Å²) in [7, 11) is 1.60. The zero-order valence-corrected chi connectivity index (χ0v) is 22.4. The van der Waals surface area contributed by atoms with Gasteiger partial charge in [-0.3, -0.25) is 4.79 Å². The van der Waals surface area contributed by atoms with Crippen LogP contribution in [0, 0.1) is 5.92 Å². The van der Waals surface area contributed by atoms with Crippen molar-refractivity contribution in [1.29, 1.82) is 0 Å². The van der Waals surface area contributed by atoms with Gasteiger partial charge in [0.25, 0.3) is 5.91 Å². The largest absolute Gasteiger partial charge is 0.497 e. The van der Waals surface area contributed by atoms with Gasteiger partial charge in [0.1, 0.15) is 17.0 Å². The summed E-state index contributed by atoms with van der Waals surface area (Å²) in [5.41, 5.74) is 0.156. The monoisotopic (exact) mass is 496 g/mol. The Morgan fingerprint density at radius 3 is 2.14 bits per heavy atom. The summed E-state index contributed by atoms with van der Waals surface area (Å²) in [6, 6.07) is 14.7. The van der Waals surface area contributed by atoms with Crippen LogP contribution in [-0.2, 0) is 10.3 Å². The number of piperidine rings is 1. The number of likely N-dealkylation sites (tertiary alicyclic amines) is 1. The highest BCUT2D eigenvalue weighted by Crippen LogP contribution is 2.43. The Bertz CT molecular complexity index is 1030. The Morgan fingerprint density at radius 2 is 1.61 bits per heavy atom. The Hall–Kier alpha value is -3.06. The lowest BCUT2D eigenvalue weighted by molar-refractivity contribution is -0.0238. The standard InChI is InChI=1S/C29H40N2O5/c1-7-30(8-2)26(32)21-12-14-22(15-13-21)29(34,24-10-9-11-25(20-24)35-6)23-16-18-31(19-17-23)27(33)36-28(3,4)5/h9-15,20,23,34H,7-8,16-19H2,1-6H3. The van der Waals surface area contributed by atoms with E-state index < -0.39 is 11.2 Å². The number of rotatable bonds is 7. The molecule has 0 aliphatic carbocycles. The van der Waals surface area contributed by atoms with Crippen molar-refractivity contribution < 1.29 is 24.2 Å². The molecule has 196 valence electrons. The Balaban J connectivity index is 1.92. The Kier molecular flexibility index (Phi) is 8.67. The van der Waals surface area contributed by atoms with Crippen molar-refractivity contribution in [3.05, 3.63) is 65.2 Å². The molecule has 0 saturated carbocycles. The lowest BCUT2D eigenvalue weighted by Crippen LogP contribution is -2.47. The maximum absolute atomic E-state index is 12.8. The number of methoxy groups -OCH3 is 1. The lowest BCUT2D eigenvalue weighted by Gasteiger charge is -2.42. The fourth-order valence-corrected chi connectivity index (χ4v) is 4.86. The molecule has 1 aliphatic rings. The summed E-state index contributed by atoms with van der Waals surface area (Å²) >= 11 is 0. The van der Waals surface area contributed by atoms with Gasteiger partial charge in [0.2, 0.25) is 0 Å². The molecule has 0 radical (unpaired) electrons. The molecule has 0 aromatic heterocycles. The van der Waals surface area contributed by atoms with Crippen LogP contribution in [0.3, 0.4) is 0 Å². The van der Waals surface area contributed by atoms with Gasteiger partial charge in [-0.1, -0.05) is 24.3 Å². The number of carbonyl (C=O) groups excluding carboxylic acids is 2. The van der Waals surface area contributed by atoms with Crippen LogP contribution in [0.15, 0.2) is 48.5 Å². The van der Waals surface area contributed by atoms with E-state index in [0.717, 1.165) is 5.56 Å². The Labute approximate surface area is 215 Å². The minimum atomic E-state index is -1.31. The topological polar surface area (TPSA) is 79.3 Å². The summed E-state index contributed by atoms with van der Waals surface area (Å²) in [6.07, 6.45) is 0.880. The highest BCUT2D eigenvalue weighted by Gasteiger charge is 2.43. The zero-order valence-electron chi connectivity index (χ0n) is 22.4. The number of benzene rings is 2. The van der Waals surface area contributed by atoms with Crippen LogP contribution in [0.5, 0.6) is 5.75 Å².